The van der Waals surface area contributed by atoms with Crippen molar-refractivity contribution in [3.63, 3.8) is 0 Å². The molecule has 0 aliphatic rings. The summed E-state index contributed by atoms with van der Waals surface area (Å²) in [6, 6.07) is 9.08. The van der Waals surface area contributed by atoms with Crippen LogP contribution in [0.3, 0.4) is 0 Å². The molecule has 1 aromatic carbocycles. The lowest BCUT2D eigenvalue weighted by molar-refractivity contribution is -0.363. The number of alkyl halides is 3. The number of carbonyl (C=O) groups excluding carboxylic acids is 2. The molecule has 1 atom stereocenters. The van der Waals surface area contributed by atoms with Gasteiger partial charge in [-0.05, 0) is 37.1 Å². The van der Waals surface area contributed by atoms with Gasteiger partial charge in [-0.3, -0.25) is 10.1 Å². The van der Waals surface area contributed by atoms with Crippen molar-refractivity contribution in [2.45, 2.75) is 25.7 Å². The van der Waals surface area contributed by atoms with Crippen molar-refractivity contribution in [1.82, 2.24) is 5.32 Å². The summed E-state index contributed by atoms with van der Waals surface area (Å²) >= 11 is 0. The van der Waals surface area contributed by atoms with Gasteiger partial charge in [0.15, 0.2) is 0 Å². The summed E-state index contributed by atoms with van der Waals surface area (Å²) in [6.07, 6.45) is -3.80. The number of aromatic nitrogens is 1. The number of aromatic amines is 1. The average molecular weight is 382 g/mol. The van der Waals surface area contributed by atoms with Crippen LogP contribution in [0.5, 0.6) is 0 Å². The molecule has 0 fully saturated rings. The van der Waals surface area contributed by atoms with Gasteiger partial charge in [-0.15, -0.1) is 0 Å². The van der Waals surface area contributed by atoms with E-state index in [1.54, 1.807) is 37.4 Å². The summed E-state index contributed by atoms with van der Waals surface area (Å²) in [5.41, 5.74) is -2.38. The molecule has 2 aromatic rings. The number of pyridine rings is 1. The van der Waals surface area contributed by atoms with Crippen LogP contribution in [0.15, 0.2) is 42.6 Å². The third-order valence-corrected chi connectivity index (χ3v) is 3.89. The maximum atomic E-state index is 14.0. The van der Waals surface area contributed by atoms with Gasteiger partial charge in [-0.1, -0.05) is 18.2 Å². The number of hydrogen-bond donors (Lipinski definition) is 2. The number of aryl methyl sites for hydroxylation is 2. The van der Waals surface area contributed by atoms with Crippen LogP contribution in [-0.2, 0) is 9.53 Å². The molecular weight excluding hydrogens is 363 g/mol. The van der Waals surface area contributed by atoms with Crippen molar-refractivity contribution in [2.24, 2.45) is 0 Å². The molecule has 0 unspecified atom stereocenters. The highest BCUT2D eigenvalue weighted by Gasteiger charge is 2.67. The number of amides is 1. The molecule has 0 radical (unpaired) electrons. The summed E-state index contributed by atoms with van der Waals surface area (Å²) in [5, 5.41) is 3.83. The zero-order chi connectivity index (χ0) is 20.2. The van der Waals surface area contributed by atoms with E-state index in [-0.39, 0.29) is 11.4 Å². The molecular formula is C18H19F3N3O3+. The lowest BCUT2D eigenvalue weighted by atomic mass is 10.1. The minimum Gasteiger partial charge on any atom is -0.464 e. The first-order valence-electron chi connectivity index (χ1n) is 7.90. The van der Waals surface area contributed by atoms with E-state index in [0.29, 0.717) is 11.1 Å². The van der Waals surface area contributed by atoms with Crippen molar-refractivity contribution in [1.29, 1.82) is 0 Å². The van der Waals surface area contributed by atoms with Crippen LogP contribution in [0.1, 0.15) is 21.5 Å². The fraction of sp³-hybridized carbons (Fsp3) is 0.278. The Bertz CT molecular complexity index is 855. The molecule has 0 saturated carbocycles. The monoisotopic (exact) mass is 382 g/mol. The van der Waals surface area contributed by atoms with Gasteiger partial charge < -0.3 is 4.74 Å². The molecule has 144 valence electrons. The van der Waals surface area contributed by atoms with E-state index in [1.807, 2.05) is 0 Å². The number of halogens is 3. The Hall–Kier alpha value is -3.10. The zero-order valence-corrected chi connectivity index (χ0v) is 14.9. The standard InChI is InChI=1S/C18H18F3N3O3/c1-11-8-9-22-14(10-11)23-17(16(26)27-3,18(19,20)21)24-15(25)13-7-5-4-6-12(13)2/h4-10H,1-3H3,(H,22,23)(H,24,25)/p+1/t17-/m0/s1. The fourth-order valence-corrected chi connectivity index (χ4v) is 2.46. The van der Waals surface area contributed by atoms with Crippen molar-refractivity contribution < 1.29 is 32.5 Å². The number of anilines is 1. The summed E-state index contributed by atoms with van der Waals surface area (Å²) in [7, 11) is 0.810. The highest BCUT2D eigenvalue weighted by molar-refractivity contribution is 6.00. The van der Waals surface area contributed by atoms with Gasteiger partial charge in [0.05, 0.1) is 13.3 Å². The van der Waals surface area contributed by atoms with Crippen LogP contribution in [0.4, 0.5) is 19.0 Å². The number of rotatable bonds is 5. The van der Waals surface area contributed by atoms with Gasteiger partial charge in [0.1, 0.15) is 0 Å². The van der Waals surface area contributed by atoms with E-state index < -0.39 is 23.7 Å². The molecule has 0 bridgehead atoms. The molecule has 0 aliphatic heterocycles. The lowest BCUT2D eigenvalue weighted by Crippen LogP contribution is -2.69. The zero-order valence-electron chi connectivity index (χ0n) is 14.9. The predicted molar refractivity (Wildman–Crippen MR) is 90.8 cm³/mol. The highest BCUT2D eigenvalue weighted by atomic mass is 19.4. The SMILES string of the molecule is COC(=O)[C@@](NC(=O)c1ccccc1C)(Nc1cc(C)cc[nH+]1)C(F)(F)F. The maximum Gasteiger partial charge on any atom is 0.464 e. The summed E-state index contributed by atoms with van der Waals surface area (Å²) < 4.78 is 46.3. The quantitative estimate of drug-likeness (QED) is 0.615. The Morgan fingerprint density at radius 1 is 1.11 bits per heavy atom. The first kappa shape index (κ1) is 20.2. The van der Waals surface area contributed by atoms with Crippen molar-refractivity contribution >= 4 is 17.7 Å². The summed E-state index contributed by atoms with van der Waals surface area (Å²) in [6.45, 7) is 3.24. The molecule has 1 heterocycles. The predicted octanol–water partition coefficient (Wildman–Crippen LogP) is 2.39. The van der Waals surface area contributed by atoms with E-state index in [9.17, 15) is 22.8 Å². The van der Waals surface area contributed by atoms with E-state index >= 15 is 0 Å². The van der Waals surface area contributed by atoms with Crippen LogP contribution in [0.25, 0.3) is 0 Å². The third kappa shape index (κ3) is 4.18. The van der Waals surface area contributed by atoms with Gasteiger partial charge in [0.25, 0.3) is 11.7 Å². The number of hydrogen-bond acceptors (Lipinski definition) is 4. The van der Waals surface area contributed by atoms with Gasteiger partial charge >= 0.3 is 17.8 Å². The number of ether oxygens (including phenoxy) is 1. The van der Waals surface area contributed by atoms with Crippen molar-refractivity contribution in [3.05, 3.63) is 59.3 Å². The smallest absolute Gasteiger partial charge is 0.464 e. The minimum atomic E-state index is -5.20. The molecule has 0 aliphatic carbocycles. The third-order valence-electron chi connectivity index (χ3n) is 3.89. The van der Waals surface area contributed by atoms with Crippen molar-refractivity contribution in [2.75, 3.05) is 12.4 Å². The van der Waals surface area contributed by atoms with Crippen LogP contribution in [-0.4, -0.2) is 30.8 Å². The second-order valence-electron chi connectivity index (χ2n) is 5.91. The number of H-pyrrole nitrogens is 1. The Morgan fingerprint density at radius 3 is 2.33 bits per heavy atom. The molecule has 1 aromatic heterocycles. The second-order valence-corrected chi connectivity index (χ2v) is 5.91. The van der Waals surface area contributed by atoms with E-state index in [0.717, 1.165) is 7.11 Å². The molecule has 0 spiro atoms. The first-order chi connectivity index (χ1) is 12.6. The maximum absolute atomic E-state index is 14.0. The van der Waals surface area contributed by atoms with Crippen molar-refractivity contribution in [3.8, 4) is 0 Å². The van der Waals surface area contributed by atoms with Gasteiger partial charge in [0, 0.05) is 11.6 Å². The Morgan fingerprint density at radius 2 is 1.78 bits per heavy atom. The topological polar surface area (TPSA) is 81.6 Å². The summed E-state index contributed by atoms with van der Waals surface area (Å²) in [4.78, 5) is 27.3. The van der Waals surface area contributed by atoms with Crippen LogP contribution >= 0.6 is 0 Å². The minimum absolute atomic E-state index is 0.00468. The van der Waals surface area contributed by atoms with E-state index in [2.05, 4.69) is 15.0 Å². The van der Waals surface area contributed by atoms with E-state index in [1.165, 1.54) is 24.4 Å². The molecule has 6 nitrogen and oxygen atoms in total. The number of carbonyl (C=O) groups is 2. The highest BCUT2D eigenvalue weighted by Crippen LogP contribution is 2.32. The molecule has 27 heavy (non-hydrogen) atoms. The molecule has 3 N–H and O–H groups in total. The Kier molecular flexibility index (Phi) is 5.72. The fourth-order valence-electron chi connectivity index (χ4n) is 2.46. The number of methoxy groups -OCH3 is 1. The van der Waals surface area contributed by atoms with Gasteiger partial charge in [-0.2, -0.15) is 13.2 Å². The molecule has 0 saturated heterocycles. The lowest BCUT2D eigenvalue weighted by Gasteiger charge is -2.30. The van der Waals surface area contributed by atoms with Gasteiger partial charge in [-0.25, -0.2) is 15.1 Å². The molecule has 9 heteroatoms. The normalized spacial score (nSPS) is 13.4. The Balaban J connectivity index is 2.52. The van der Waals surface area contributed by atoms with Crippen LogP contribution in [0.2, 0.25) is 0 Å². The molecule has 1 amide bonds. The first-order valence-corrected chi connectivity index (χ1v) is 7.90. The molecule has 2 rings (SSSR count). The number of nitrogens with one attached hydrogen (secondary N) is 3. The largest absolute Gasteiger partial charge is 0.464 e. The van der Waals surface area contributed by atoms with Crippen LogP contribution < -0.4 is 15.6 Å². The Labute approximate surface area is 153 Å². The summed E-state index contributed by atoms with van der Waals surface area (Å²) in [5.74, 6) is -2.90. The number of benzene rings is 1. The van der Waals surface area contributed by atoms with Crippen LogP contribution in [0, 0.1) is 13.8 Å². The second kappa shape index (κ2) is 7.65. The number of esters is 1. The van der Waals surface area contributed by atoms with E-state index in [4.69, 9.17) is 0 Å². The average Bonchev–Trinajstić information content (AvgIpc) is 2.59. The van der Waals surface area contributed by atoms with Gasteiger partial charge in [0.2, 0.25) is 0 Å².